The van der Waals surface area contributed by atoms with Crippen molar-refractivity contribution in [1.82, 2.24) is 14.8 Å². The van der Waals surface area contributed by atoms with Gasteiger partial charge in [0.2, 0.25) is 5.95 Å². The van der Waals surface area contributed by atoms with E-state index in [2.05, 4.69) is 26.8 Å². The molecular formula is C26H19N7O3. The Morgan fingerprint density at radius 3 is 2.56 bits per heavy atom. The molecule has 1 atom stereocenters. The van der Waals surface area contributed by atoms with Gasteiger partial charge >= 0.3 is 0 Å². The van der Waals surface area contributed by atoms with E-state index in [1.54, 1.807) is 60.1 Å². The van der Waals surface area contributed by atoms with E-state index in [-0.39, 0.29) is 17.4 Å². The first-order valence-corrected chi connectivity index (χ1v) is 11.0. The number of benzene rings is 3. The van der Waals surface area contributed by atoms with Gasteiger partial charge in [-0.3, -0.25) is 14.9 Å². The highest BCUT2D eigenvalue weighted by Gasteiger charge is 2.34. The minimum Gasteiger partial charge on any atom is -0.328 e. The average molecular weight is 477 g/mol. The van der Waals surface area contributed by atoms with Gasteiger partial charge in [0.05, 0.1) is 22.1 Å². The van der Waals surface area contributed by atoms with Gasteiger partial charge in [-0.15, -0.1) is 5.10 Å². The van der Waals surface area contributed by atoms with E-state index in [4.69, 9.17) is 0 Å². The van der Waals surface area contributed by atoms with Crippen molar-refractivity contribution in [3.8, 4) is 17.5 Å². The number of anilines is 2. The van der Waals surface area contributed by atoms with Gasteiger partial charge in [0, 0.05) is 29.1 Å². The number of allylic oxidation sites excluding steroid dienone is 1. The Bertz CT molecular complexity index is 1550. The number of hydrogen-bond donors (Lipinski definition) is 2. The van der Waals surface area contributed by atoms with Crippen LogP contribution >= 0.6 is 0 Å². The number of para-hydroxylation sites is 1. The van der Waals surface area contributed by atoms with Gasteiger partial charge in [-0.05, 0) is 36.8 Å². The molecule has 0 fully saturated rings. The van der Waals surface area contributed by atoms with Crippen LogP contribution < -0.4 is 10.6 Å². The van der Waals surface area contributed by atoms with Crippen LogP contribution in [0, 0.1) is 21.4 Å². The van der Waals surface area contributed by atoms with E-state index in [0.29, 0.717) is 34.0 Å². The zero-order chi connectivity index (χ0) is 25.2. The van der Waals surface area contributed by atoms with Gasteiger partial charge in [-0.25, -0.2) is 4.68 Å². The van der Waals surface area contributed by atoms with Crippen LogP contribution in [-0.2, 0) is 4.79 Å². The molecule has 2 N–H and O–H groups in total. The fraction of sp³-hybridized carbons (Fsp3) is 0.0769. The van der Waals surface area contributed by atoms with Crippen LogP contribution in [0.25, 0.3) is 11.4 Å². The van der Waals surface area contributed by atoms with E-state index in [0.717, 1.165) is 5.56 Å². The zero-order valence-corrected chi connectivity index (χ0v) is 19.0. The van der Waals surface area contributed by atoms with Crippen LogP contribution in [0.5, 0.6) is 0 Å². The van der Waals surface area contributed by atoms with Crippen molar-refractivity contribution < 1.29 is 9.72 Å². The predicted molar refractivity (Wildman–Crippen MR) is 133 cm³/mol. The maximum absolute atomic E-state index is 13.5. The molecule has 5 rings (SSSR count). The third-order valence-electron chi connectivity index (χ3n) is 5.80. The molecule has 36 heavy (non-hydrogen) atoms. The lowest BCUT2D eigenvalue weighted by molar-refractivity contribution is -0.384. The van der Waals surface area contributed by atoms with Gasteiger partial charge in [0.15, 0.2) is 5.82 Å². The number of nitriles is 1. The molecule has 1 aromatic heterocycles. The Morgan fingerprint density at radius 1 is 1.11 bits per heavy atom. The van der Waals surface area contributed by atoms with E-state index >= 15 is 0 Å². The summed E-state index contributed by atoms with van der Waals surface area (Å²) in [5.41, 5.74) is 3.26. The maximum atomic E-state index is 13.5. The van der Waals surface area contributed by atoms with Gasteiger partial charge in [0.25, 0.3) is 11.6 Å². The number of amides is 1. The summed E-state index contributed by atoms with van der Waals surface area (Å²) in [6, 6.07) is 23.5. The van der Waals surface area contributed by atoms with Crippen LogP contribution in [0.2, 0.25) is 0 Å². The van der Waals surface area contributed by atoms with Crippen LogP contribution in [0.4, 0.5) is 17.3 Å². The third-order valence-corrected chi connectivity index (χ3v) is 5.80. The summed E-state index contributed by atoms with van der Waals surface area (Å²) >= 11 is 0. The van der Waals surface area contributed by atoms with Crippen molar-refractivity contribution in [2.75, 3.05) is 10.6 Å². The number of carbonyl (C=O) groups excluding carboxylic acids is 1. The smallest absolute Gasteiger partial charge is 0.270 e. The number of rotatable bonds is 5. The topological polar surface area (TPSA) is 139 Å². The molecule has 0 aliphatic carbocycles. The molecule has 2 heterocycles. The molecule has 1 amide bonds. The van der Waals surface area contributed by atoms with Crippen LogP contribution in [-0.4, -0.2) is 25.6 Å². The number of nitro benzene ring substituents is 1. The van der Waals surface area contributed by atoms with Crippen molar-refractivity contribution >= 4 is 23.2 Å². The summed E-state index contributed by atoms with van der Waals surface area (Å²) in [5.74, 6) is 0.343. The van der Waals surface area contributed by atoms with E-state index in [1.165, 1.54) is 12.1 Å². The molecule has 0 saturated heterocycles. The Hall–Kier alpha value is -5.30. The molecule has 0 saturated carbocycles. The Labute approximate surface area is 205 Å². The molecule has 1 aliphatic rings. The molecule has 10 nitrogen and oxygen atoms in total. The van der Waals surface area contributed by atoms with E-state index in [9.17, 15) is 20.2 Å². The minimum atomic E-state index is -0.655. The largest absolute Gasteiger partial charge is 0.328 e. The van der Waals surface area contributed by atoms with Crippen LogP contribution in [0.15, 0.2) is 90.1 Å². The minimum absolute atomic E-state index is 0.0749. The highest BCUT2D eigenvalue weighted by molar-refractivity contribution is 6.06. The fourth-order valence-electron chi connectivity index (χ4n) is 4.09. The SMILES string of the molecule is CC1=C(C(=O)Nc2ccccc2)C(c2ccc(C#N)cc2)n2nc(-c3cccc([N+](=O)[O-])c3)nc2N1. The number of nitrogens with zero attached hydrogens (tertiary/aromatic N) is 5. The molecule has 0 bridgehead atoms. The summed E-state index contributed by atoms with van der Waals surface area (Å²) in [5, 5.41) is 31.2. The molecule has 1 aliphatic heterocycles. The van der Waals surface area contributed by atoms with Gasteiger partial charge < -0.3 is 10.6 Å². The number of non-ortho nitro benzene ring substituents is 1. The highest BCUT2D eigenvalue weighted by Crippen LogP contribution is 2.37. The second kappa shape index (κ2) is 9.15. The average Bonchev–Trinajstić information content (AvgIpc) is 3.32. The lowest BCUT2D eigenvalue weighted by Gasteiger charge is -2.28. The zero-order valence-electron chi connectivity index (χ0n) is 19.0. The fourth-order valence-corrected chi connectivity index (χ4v) is 4.09. The monoisotopic (exact) mass is 477 g/mol. The van der Waals surface area contributed by atoms with E-state index in [1.807, 2.05) is 18.2 Å². The summed E-state index contributed by atoms with van der Waals surface area (Å²) in [6.07, 6.45) is 0. The molecule has 176 valence electrons. The van der Waals surface area contributed by atoms with Gasteiger partial charge in [-0.2, -0.15) is 10.2 Å². The number of carbonyl (C=O) groups is 1. The number of nitro groups is 1. The quantitative estimate of drug-likeness (QED) is 0.315. The maximum Gasteiger partial charge on any atom is 0.270 e. The first kappa shape index (κ1) is 22.5. The highest BCUT2D eigenvalue weighted by atomic mass is 16.6. The summed E-state index contributed by atoms with van der Waals surface area (Å²) in [4.78, 5) is 28.8. The number of nitrogens with one attached hydrogen (secondary N) is 2. The van der Waals surface area contributed by atoms with E-state index < -0.39 is 11.0 Å². The van der Waals surface area contributed by atoms with Crippen molar-refractivity contribution in [3.05, 3.63) is 111 Å². The molecule has 3 aromatic carbocycles. The molecule has 10 heteroatoms. The molecule has 0 radical (unpaired) electrons. The second-order valence-electron chi connectivity index (χ2n) is 8.13. The first-order chi connectivity index (χ1) is 17.4. The van der Waals surface area contributed by atoms with Crippen LogP contribution in [0.1, 0.15) is 24.1 Å². The third kappa shape index (κ3) is 4.17. The second-order valence-corrected chi connectivity index (χ2v) is 8.13. The Balaban J connectivity index is 1.61. The van der Waals surface area contributed by atoms with Gasteiger partial charge in [-0.1, -0.05) is 42.5 Å². The summed E-state index contributed by atoms with van der Waals surface area (Å²) < 4.78 is 1.59. The van der Waals surface area contributed by atoms with Crippen molar-refractivity contribution in [2.45, 2.75) is 13.0 Å². The Morgan fingerprint density at radius 2 is 1.86 bits per heavy atom. The molecule has 1 unspecified atom stereocenters. The summed E-state index contributed by atoms with van der Waals surface area (Å²) in [7, 11) is 0. The molecule has 0 spiro atoms. The predicted octanol–water partition coefficient (Wildman–Crippen LogP) is 4.65. The van der Waals surface area contributed by atoms with Gasteiger partial charge in [0.1, 0.15) is 6.04 Å². The number of fused-ring (bicyclic) bond motifs is 1. The standard InChI is InChI=1S/C26H19N7O3/c1-16-22(25(34)29-20-7-3-2-4-8-20)23(18-12-10-17(15-27)11-13-18)32-26(28-16)30-24(31-32)19-6-5-9-21(14-19)33(35)36/h2-14,23H,1H3,(H,29,34)(H,28,30,31). The normalized spacial score (nSPS) is 14.4. The molecular weight excluding hydrogens is 458 g/mol. The number of aromatic nitrogens is 3. The lowest BCUT2D eigenvalue weighted by Crippen LogP contribution is -2.31. The summed E-state index contributed by atoms with van der Waals surface area (Å²) in [6.45, 7) is 1.78. The van der Waals surface area contributed by atoms with Crippen molar-refractivity contribution in [3.63, 3.8) is 0 Å². The Kier molecular flexibility index (Phi) is 5.72. The van der Waals surface area contributed by atoms with Crippen molar-refractivity contribution in [1.29, 1.82) is 5.26 Å². The number of hydrogen-bond acceptors (Lipinski definition) is 7. The lowest BCUT2D eigenvalue weighted by atomic mass is 9.94. The first-order valence-electron chi connectivity index (χ1n) is 11.0. The van der Waals surface area contributed by atoms with Crippen molar-refractivity contribution in [2.24, 2.45) is 0 Å². The molecule has 4 aromatic rings. The van der Waals surface area contributed by atoms with Crippen LogP contribution in [0.3, 0.4) is 0 Å².